The summed E-state index contributed by atoms with van der Waals surface area (Å²) in [7, 11) is 0. The van der Waals surface area contributed by atoms with Crippen molar-refractivity contribution in [2.24, 2.45) is 0 Å². The first-order chi connectivity index (χ1) is 70.4. The predicted molar refractivity (Wildman–Crippen MR) is 594 cm³/mol. The van der Waals surface area contributed by atoms with Gasteiger partial charge in [-0.2, -0.15) is 0 Å². The van der Waals surface area contributed by atoms with Gasteiger partial charge in [0.1, 0.15) is 0 Å². The molecule has 0 unspecified atom stereocenters. The average Bonchev–Trinajstić information content (AvgIpc) is 1.18. The molecule has 0 amide bonds. The minimum atomic E-state index is 0.666. The maximum atomic E-state index is 5.52. The van der Waals surface area contributed by atoms with Crippen molar-refractivity contribution >= 4 is 130 Å². The Morgan fingerprint density at radius 1 is 0.148 bits per heavy atom. The SMILES string of the molecule is c1ccc(-c2c3ccccc3c(-c3ccc(-c4cc(-c5ccc6ccccc6c5)nc(-c5cccc(-c6ccc7c(c6)c6ccncc6n7-c6ccc7ccccc7c6)c5)n4)c4ccccc34)c3ccccc23)cc1.c1ccc(-c2cc(-c3ccc4cc(-c5ccc6c(c5)c5cnccc5n6-c5ccccc5)ccc4c3)nc(-c3cccc(-c4c5ccccc5c(-c5ccccc5)c5ccccc45)c3)n2)cc1. The summed E-state index contributed by atoms with van der Waals surface area (Å²) < 4.78 is 4.66. The van der Waals surface area contributed by atoms with Crippen LogP contribution in [0.3, 0.4) is 0 Å². The van der Waals surface area contributed by atoms with Gasteiger partial charge < -0.3 is 9.13 Å². The summed E-state index contributed by atoms with van der Waals surface area (Å²) in [6.45, 7) is 0. The van der Waals surface area contributed by atoms with Gasteiger partial charge in [0, 0.05) is 84.9 Å². The molecule has 0 aliphatic carbocycles. The summed E-state index contributed by atoms with van der Waals surface area (Å²) in [5.74, 6) is 1.35. The van der Waals surface area contributed by atoms with Crippen LogP contribution in [0.15, 0.2) is 510 Å². The largest absolute Gasteiger partial charge is 0.309 e. The van der Waals surface area contributed by atoms with E-state index >= 15 is 0 Å². The fourth-order valence-corrected chi connectivity index (χ4v) is 21.9. The van der Waals surface area contributed by atoms with Gasteiger partial charge in [-0.25, -0.2) is 19.9 Å². The molecule has 0 saturated heterocycles. The lowest BCUT2D eigenvalue weighted by molar-refractivity contribution is 1.17. The van der Waals surface area contributed by atoms with Crippen molar-refractivity contribution < 1.29 is 0 Å². The smallest absolute Gasteiger partial charge is 0.160 e. The highest BCUT2D eigenvalue weighted by Gasteiger charge is 2.26. The van der Waals surface area contributed by atoms with Crippen LogP contribution in [0.25, 0.3) is 276 Å². The highest BCUT2D eigenvalue weighted by molar-refractivity contribution is 6.25. The van der Waals surface area contributed by atoms with Gasteiger partial charge in [-0.15, -0.1) is 0 Å². The van der Waals surface area contributed by atoms with Crippen LogP contribution < -0.4 is 0 Å². The molecule has 0 fully saturated rings. The van der Waals surface area contributed by atoms with Crippen LogP contribution in [-0.2, 0) is 0 Å². The zero-order chi connectivity index (χ0) is 93.7. The molecule has 6 heterocycles. The van der Waals surface area contributed by atoms with Gasteiger partial charge in [-0.3, -0.25) is 9.97 Å². The lowest BCUT2D eigenvalue weighted by atomic mass is 9.84. The van der Waals surface area contributed by atoms with E-state index in [-0.39, 0.29) is 0 Å². The van der Waals surface area contributed by atoms with E-state index in [1.807, 2.05) is 30.9 Å². The maximum absolute atomic E-state index is 5.52. The number of para-hydroxylation sites is 1. The second kappa shape index (κ2) is 34.7. The quantitative estimate of drug-likeness (QED) is 0.101. The molecule has 0 atom stereocenters. The van der Waals surface area contributed by atoms with Crippen LogP contribution in [0.4, 0.5) is 0 Å². The van der Waals surface area contributed by atoms with Gasteiger partial charge in [0.05, 0.1) is 51.0 Å². The molecular formula is C134H84N8. The number of nitrogens with zero attached hydrogens (tertiary/aromatic N) is 8. The highest BCUT2D eigenvalue weighted by Crippen LogP contribution is 2.50. The Bertz CT molecular complexity index is 9830. The zero-order valence-corrected chi connectivity index (χ0v) is 77.1. The fraction of sp³-hybridized carbons (Fsp3) is 0. The van der Waals surface area contributed by atoms with Crippen LogP contribution in [0.5, 0.6) is 0 Å². The molecule has 8 heteroatoms. The second-order valence-electron chi connectivity index (χ2n) is 36.7. The van der Waals surface area contributed by atoms with Crippen LogP contribution in [0, 0.1) is 0 Å². The van der Waals surface area contributed by atoms with Crippen molar-refractivity contribution in [3.8, 4) is 146 Å². The first-order valence-corrected chi connectivity index (χ1v) is 48.3. The van der Waals surface area contributed by atoms with Crippen molar-refractivity contribution in [3.63, 3.8) is 0 Å². The molecule has 0 aliphatic rings. The number of hydrogen-bond donors (Lipinski definition) is 0. The minimum Gasteiger partial charge on any atom is -0.309 e. The normalized spacial score (nSPS) is 11.7. The zero-order valence-electron chi connectivity index (χ0n) is 77.1. The topological polar surface area (TPSA) is 87.2 Å². The highest BCUT2D eigenvalue weighted by atomic mass is 15.0. The molecular weight excluding hydrogens is 1720 g/mol. The van der Waals surface area contributed by atoms with Crippen LogP contribution in [0.2, 0.25) is 0 Å². The monoisotopic (exact) mass is 1800 g/mol. The lowest BCUT2D eigenvalue weighted by Crippen LogP contribution is -1.97. The summed E-state index contributed by atoms with van der Waals surface area (Å²) in [6, 6.07) is 175. The number of hydrogen-bond acceptors (Lipinski definition) is 6. The van der Waals surface area contributed by atoms with E-state index in [1.165, 1.54) is 120 Å². The summed E-state index contributed by atoms with van der Waals surface area (Å²) >= 11 is 0. The van der Waals surface area contributed by atoms with Gasteiger partial charge in [-0.05, 0) is 256 Å². The van der Waals surface area contributed by atoms with Crippen molar-refractivity contribution in [1.29, 1.82) is 0 Å². The van der Waals surface area contributed by atoms with E-state index in [9.17, 15) is 0 Å². The molecule has 28 aromatic rings. The fourth-order valence-electron chi connectivity index (χ4n) is 21.9. The first kappa shape index (κ1) is 82.4. The van der Waals surface area contributed by atoms with Crippen LogP contribution in [-0.4, -0.2) is 39.0 Å². The third-order valence-corrected chi connectivity index (χ3v) is 28.5. The van der Waals surface area contributed by atoms with Gasteiger partial charge >= 0.3 is 0 Å². The van der Waals surface area contributed by atoms with E-state index < -0.39 is 0 Å². The molecule has 660 valence electrons. The Labute approximate surface area is 819 Å². The van der Waals surface area contributed by atoms with Crippen molar-refractivity contribution in [1.82, 2.24) is 39.0 Å². The molecule has 22 aromatic carbocycles. The number of aromatic nitrogens is 8. The Kier molecular flexibility index (Phi) is 20.1. The van der Waals surface area contributed by atoms with Gasteiger partial charge in [0.25, 0.3) is 0 Å². The summed E-state index contributed by atoms with van der Waals surface area (Å²) in [4.78, 5) is 30.7. The van der Waals surface area contributed by atoms with Crippen molar-refractivity contribution in [2.75, 3.05) is 0 Å². The molecule has 0 radical (unpaired) electrons. The minimum absolute atomic E-state index is 0.666. The second-order valence-corrected chi connectivity index (χ2v) is 36.7. The predicted octanol–water partition coefficient (Wildman–Crippen LogP) is 35.2. The molecule has 0 aliphatic heterocycles. The molecule has 8 nitrogen and oxygen atoms in total. The number of benzene rings is 22. The van der Waals surface area contributed by atoms with E-state index in [0.717, 1.165) is 144 Å². The summed E-state index contributed by atoms with van der Waals surface area (Å²) in [5, 5.41) is 23.8. The first-order valence-electron chi connectivity index (χ1n) is 48.3. The van der Waals surface area contributed by atoms with E-state index in [1.54, 1.807) is 0 Å². The maximum Gasteiger partial charge on any atom is 0.160 e. The van der Waals surface area contributed by atoms with Crippen molar-refractivity contribution in [3.05, 3.63) is 510 Å². The summed E-state index contributed by atoms with van der Waals surface area (Å²) in [5.41, 5.74) is 30.5. The van der Waals surface area contributed by atoms with Gasteiger partial charge in [-0.1, -0.05) is 382 Å². The molecule has 0 saturated carbocycles. The molecule has 28 rings (SSSR count). The molecule has 6 aromatic heterocycles. The van der Waals surface area contributed by atoms with Gasteiger partial charge in [0.2, 0.25) is 0 Å². The molecule has 0 N–H and O–H groups in total. The molecule has 0 spiro atoms. The standard InChI is InChI=1S/C71H44N4.C63H40N4/c1-2-17-47(18-3-1)69-59-25-10-12-27-61(59)70(62-28-13-11-26-60(62)69)63-35-34-57(55-23-8-9-24-56(55)63)66-43-65(52-30-29-45-15-4-6-19-48(45)39-52)73-71(74-66)53-22-14-21-49(40-53)51-32-36-67-64(42-51)58-37-38-72-44-68(58)75(67)54-33-31-46-16-5-7-20-50(46)41-54;1-4-15-41(16-5-1)57-39-58(47-30-29-43-35-44(27-28-45(43)36-47)46-31-32-59-55(38-46)56-40-64-34-33-60(56)67(59)50-21-8-3-9-22-50)66-63(65-57)49-20-14-19-48(37-49)62-53-25-12-10-23-51(53)61(42-17-6-2-7-18-42)52-24-11-13-26-54(52)62/h1-44H;1-40H. The molecule has 0 bridgehead atoms. The third kappa shape index (κ3) is 14.5. The molecule has 142 heavy (non-hydrogen) atoms. The number of rotatable bonds is 14. The van der Waals surface area contributed by atoms with E-state index in [0.29, 0.717) is 11.6 Å². The van der Waals surface area contributed by atoms with E-state index in [4.69, 9.17) is 19.9 Å². The van der Waals surface area contributed by atoms with E-state index in [2.05, 4.69) is 498 Å². The third-order valence-electron chi connectivity index (χ3n) is 28.5. The summed E-state index contributed by atoms with van der Waals surface area (Å²) in [6.07, 6.45) is 7.72. The van der Waals surface area contributed by atoms with Crippen LogP contribution in [0.1, 0.15) is 0 Å². The Morgan fingerprint density at radius 2 is 0.493 bits per heavy atom. The van der Waals surface area contributed by atoms with Crippen molar-refractivity contribution in [2.45, 2.75) is 0 Å². The number of pyridine rings is 2. The Hall–Kier alpha value is -19.0. The van der Waals surface area contributed by atoms with Crippen LogP contribution >= 0.6 is 0 Å². The average molecular weight is 1810 g/mol. The van der Waals surface area contributed by atoms with Gasteiger partial charge in [0.15, 0.2) is 11.6 Å². The lowest BCUT2D eigenvalue weighted by Gasteiger charge is -2.19. The number of fused-ring (bicyclic) bond motifs is 14. The Balaban J connectivity index is 0.000000143. The Morgan fingerprint density at radius 3 is 1.06 bits per heavy atom.